The molecule has 5 nitrogen and oxygen atoms in total. The SMILES string of the molecule is Cc1cc(C)c([N+](=O)[O-])cc1Oc1ccc(C=O)c(Br)c1. The van der Waals surface area contributed by atoms with Crippen LogP contribution >= 0.6 is 15.9 Å². The van der Waals surface area contributed by atoms with E-state index in [0.29, 0.717) is 27.1 Å². The summed E-state index contributed by atoms with van der Waals surface area (Å²) in [5, 5.41) is 11.0. The first-order chi connectivity index (χ1) is 9.92. The maximum Gasteiger partial charge on any atom is 0.276 e. The summed E-state index contributed by atoms with van der Waals surface area (Å²) in [4.78, 5) is 21.3. The first-order valence-electron chi connectivity index (χ1n) is 6.10. The van der Waals surface area contributed by atoms with Gasteiger partial charge in [0.25, 0.3) is 5.69 Å². The first-order valence-corrected chi connectivity index (χ1v) is 6.90. The molecule has 108 valence electrons. The summed E-state index contributed by atoms with van der Waals surface area (Å²) in [6.07, 6.45) is 0.732. The fourth-order valence-corrected chi connectivity index (χ4v) is 2.37. The molecule has 0 saturated heterocycles. The highest BCUT2D eigenvalue weighted by molar-refractivity contribution is 9.10. The molecule has 0 N–H and O–H groups in total. The summed E-state index contributed by atoms with van der Waals surface area (Å²) in [7, 11) is 0. The van der Waals surface area contributed by atoms with Gasteiger partial charge in [0.15, 0.2) is 6.29 Å². The van der Waals surface area contributed by atoms with Crippen molar-refractivity contribution in [1.29, 1.82) is 0 Å². The highest BCUT2D eigenvalue weighted by Crippen LogP contribution is 2.32. The Morgan fingerprint density at radius 3 is 2.48 bits per heavy atom. The molecule has 0 spiro atoms. The number of carbonyl (C=O) groups excluding carboxylic acids is 1. The van der Waals surface area contributed by atoms with E-state index in [0.717, 1.165) is 11.8 Å². The van der Waals surface area contributed by atoms with Gasteiger partial charge in [-0.1, -0.05) is 0 Å². The molecular formula is C15H12BrNO4. The number of ether oxygens (including phenoxy) is 1. The monoisotopic (exact) mass is 349 g/mol. The average Bonchev–Trinajstić information content (AvgIpc) is 2.41. The Morgan fingerprint density at radius 2 is 1.90 bits per heavy atom. The minimum absolute atomic E-state index is 0.0131. The Bertz CT molecular complexity index is 728. The normalized spacial score (nSPS) is 10.2. The molecule has 0 unspecified atom stereocenters. The third kappa shape index (κ3) is 3.28. The summed E-state index contributed by atoms with van der Waals surface area (Å²) >= 11 is 3.27. The summed E-state index contributed by atoms with van der Waals surface area (Å²) in [5.74, 6) is 0.909. The highest BCUT2D eigenvalue weighted by atomic mass is 79.9. The van der Waals surface area contributed by atoms with Crippen LogP contribution in [0.2, 0.25) is 0 Å². The van der Waals surface area contributed by atoms with Gasteiger partial charge in [-0.05, 0) is 59.6 Å². The van der Waals surface area contributed by atoms with E-state index in [1.54, 1.807) is 31.2 Å². The molecule has 0 amide bonds. The number of nitro benzene ring substituents is 1. The molecule has 21 heavy (non-hydrogen) atoms. The molecule has 0 aliphatic heterocycles. The second-order valence-corrected chi connectivity index (χ2v) is 5.42. The fraction of sp³-hybridized carbons (Fsp3) is 0.133. The predicted octanol–water partition coefficient (Wildman–Crippen LogP) is 4.58. The second-order valence-electron chi connectivity index (χ2n) is 4.56. The summed E-state index contributed by atoms with van der Waals surface area (Å²) in [6, 6.07) is 8.02. The number of nitro groups is 1. The van der Waals surface area contributed by atoms with E-state index in [1.807, 2.05) is 6.92 Å². The van der Waals surface area contributed by atoms with Gasteiger partial charge in [0.05, 0.1) is 11.0 Å². The van der Waals surface area contributed by atoms with Crippen molar-refractivity contribution < 1.29 is 14.5 Å². The standard InChI is InChI=1S/C15H12BrNO4/c1-9-5-10(2)15(7-14(9)17(19)20)21-12-4-3-11(8-18)13(16)6-12/h3-8H,1-2H3. The fourth-order valence-electron chi connectivity index (χ4n) is 1.92. The van der Waals surface area contributed by atoms with Gasteiger partial charge in [0, 0.05) is 15.6 Å². The number of benzene rings is 2. The van der Waals surface area contributed by atoms with Crippen molar-refractivity contribution in [1.82, 2.24) is 0 Å². The van der Waals surface area contributed by atoms with Gasteiger partial charge in [-0.25, -0.2) is 0 Å². The first kappa shape index (κ1) is 15.2. The zero-order chi connectivity index (χ0) is 15.6. The summed E-state index contributed by atoms with van der Waals surface area (Å²) < 4.78 is 6.29. The van der Waals surface area contributed by atoms with Crippen LogP contribution in [0.4, 0.5) is 5.69 Å². The van der Waals surface area contributed by atoms with Crippen molar-refractivity contribution >= 4 is 27.9 Å². The minimum atomic E-state index is -0.437. The van der Waals surface area contributed by atoms with E-state index in [-0.39, 0.29) is 5.69 Å². The van der Waals surface area contributed by atoms with Crippen molar-refractivity contribution in [2.75, 3.05) is 0 Å². The van der Waals surface area contributed by atoms with Crippen LogP contribution in [0.5, 0.6) is 11.5 Å². The molecule has 0 saturated carbocycles. The van der Waals surface area contributed by atoms with Crippen LogP contribution in [0, 0.1) is 24.0 Å². The Labute approximate surface area is 129 Å². The van der Waals surface area contributed by atoms with E-state index in [9.17, 15) is 14.9 Å². The lowest BCUT2D eigenvalue weighted by Gasteiger charge is -2.10. The third-order valence-corrected chi connectivity index (χ3v) is 3.70. The molecule has 6 heteroatoms. The second kappa shape index (κ2) is 6.05. The molecule has 0 aromatic heterocycles. The molecule has 0 atom stereocenters. The van der Waals surface area contributed by atoms with Crippen molar-refractivity contribution in [3.8, 4) is 11.5 Å². The maximum atomic E-state index is 11.0. The molecule has 0 aliphatic rings. The van der Waals surface area contributed by atoms with Crippen LogP contribution in [0.3, 0.4) is 0 Å². The van der Waals surface area contributed by atoms with Crippen LogP contribution in [0.25, 0.3) is 0 Å². The van der Waals surface area contributed by atoms with Crippen molar-refractivity contribution in [2.24, 2.45) is 0 Å². The Kier molecular flexibility index (Phi) is 4.37. The van der Waals surface area contributed by atoms with E-state index >= 15 is 0 Å². The van der Waals surface area contributed by atoms with E-state index in [4.69, 9.17) is 4.74 Å². The van der Waals surface area contributed by atoms with E-state index in [1.165, 1.54) is 6.07 Å². The van der Waals surface area contributed by atoms with Gasteiger partial charge < -0.3 is 4.74 Å². The van der Waals surface area contributed by atoms with Crippen molar-refractivity contribution in [2.45, 2.75) is 13.8 Å². The number of rotatable bonds is 4. The van der Waals surface area contributed by atoms with Gasteiger partial charge in [0.1, 0.15) is 11.5 Å². The van der Waals surface area contributed by atoms with Crippen LogP contribution in [-0.2, 0) is 0 Å². The highest BCUT2D eigenvalue weighted by Gasteiger charge is 2.15. The molecule has 2 aromatic rings. The molecule has 2 aromatic carbocycles. The summed E-state index contributed by atoms with van der Waals surface area (Å²) in [6.45, 7) is 3.51. The molecule has 2 rings (SSSR count). The number of nitrogens with zero attached hydrogens (tertiary/aromatic N) is 1. The number of carbonyl (C=O) groups is 1. The van der Waals surface area contributed by atoms with Gasteiger partial charge in [-0.2, -0.15) is 0 Å². The topological polar surface area (TPSA) is 69.4 Å². The Balaban J connectivity index is 2.39. The predicted molar refractivity (Wildman–Crippen MR) is 82.2 cm³/mol. The van der Waals surface area contributed by atoms with Crippen molar-refractivity contribution in [3.63, 3.8) is 0 Å². The average molecular weight is 350 g/mol. The van der Waals surface area contributed by atoms with E-state index < -0.39 is 4.92 Å². The maximum absolute atomic E-state index is 11.0. The van der Waals surface area contributed by atoms with Crippen LogP contribution in [-0.4, -0.2) is 11.2 Å². The molecule has 0 heterocycles. The van der Waals surface area contributed by atoms with Gasteiger partial charge in [0.2, 0.25) is 0 Å². The third-order valence-electron chi connectivity index (χ3n) is 3.02. The lowest BCUT2D eigenvalue weighted by molar-refractivity contribution is -0.385. The number of hydrogen-bond donors (Lipinski definition) is 0. The Morgan fingerprint density at radius 1 is 1.19 bits per heavy atom. The van der Waals surface area contributed by atoms with Crippen LogP contribution in [0.1, 0.15) is 21.5 Å². The molecule has 0 aliphatic carbocycles. The smallest absolute Gasteiger partial charge is 0.276 e. The lowest BCUT2D eigenvalue weighted by atomic mass is 10.1. The molecule has 0 bridgehead atoms. The quantitative estimate of drug-likeness (QED) is 0.460. The zero-order valence-electron chi connectivity index (χ0n) is 11.4. The van der Waals surface area contributed by atoms with Gasteiger partial charge in [-0.3, -0.25) is 14.9 Å². The molecular weight excluding hydrogens is 338 g/mol. The number of halogens is 1. The number of hydrogen-bond acceptors (Lipinski definition) is 4. The lowest BCUT2D eigenvalue weighted by Crippen LogP contribution is -1.95. The van der Waals surface area contributed by atoms with Gasteiger partial charge >= 0.3 is 0 Å². The molecule has 0 radical (unpaired) electrons. The number of aldehydes is 1. The minimum Gasteiger partial charge on any atom is -0.457 e. The number of aryl methyl sites for hydroxylation is 2. The zero-order valence-corrected chi connectivity index (χ0v) is 13.0. The molecule has 0 fully saturated rings. The van der Waals surface area contributed by atoms with Crippen LogP contribution < -0.4 is 4.74 Å². The van der Waals surface area contributed by atoms with Crippen molar-refractivity contribution in [3.05, 3.63) is 61.6 Å². The van der Waals surface area contributed by atoms with E-state index in [2.05, 4.69) is 15.9 Å². The van der Waals surface area contributed by atoms with Crippen LogP contribution in [0.15, 0.2) is 34.8 Å². The van der Waals surface area contributed by atoms with Gasteiger partial charge in [-0.15, -0.1) is 0 Å². The Hall–Kier alpha value is -2.21. The largest absolute Gasteiger partial charge is 0.457 e. The summed E-state index contributed by atoms with van der Waals surface area (Å²) in [5.41, 5.74) is 1.91.